The van der Waals surface area contributed by atoms with E-state index in [2.05, 4.69) is 4.98 Å². The van der Waals surface area contributed by atoms with Crippen molar-refractivity contribution in [3.63, 3.8) is 0 Å². The molecule has 3 heterocycles. The third-order valence-electron chi connectivity index (χ3n) is 3.94. The number of halogens is 1. The zero-order valence-electron chi connectivity index (χ0n) is 12.2. The van der Waals surface area contributed by atoms with E-state index in [-0.39, 0.29) is 10.6 Å². The van der Waals surface area contributed by atoms with Crippen LogP contribution in [0.5, 0.6) is 0 Å². The molecule has 0 spiro atoms. The van der Waals surface area contributed by atoms with Gasteiger partial charge in [-0.1, -0.05) is 22.9 Å². The Hall–Kier alpha value is -2.51. The Morgan fingerprint density at radius 3 is 2.96 bits per heavy atom. The van der Waals surface area contributed by atoms with Gasteiger partial charge in [-0.3, -0.25) is 19.5 Å². The van der Waals surface area contributed by atoms with Gasteiger partial charge in [0.15, 0.2) is 0 Å². The van der Waals surface area contributed by atoms with Crippen LogP contribution in [0.3, 0.4) is 0 Å². The van der Waals surface area contributed by atoms with Gasteiger partial charge in [0.1, 0.15) is 5.82 Å². The minimum Gasteiger partial charge on any atom is -0.292 e. The van der Waals surface area contributed by atoms with E-state index in [9.17, 15) is 14.9 Å². The van der Waals surface area contributed by atoms with Gasteiger partial charge in [-0.05, 0) is 41.8 Å². The van der Waals surface area contributed by atoms with Gasteiger partial charge in [-0.2, -0.15) is 0 Å². The van der Waals surface area contributed by atoms with E-state index in [1.165, 1.54) is 6.07 Å². The molecule has 1 aromatic carbocycles. The van der Waals surface area contributed by atoms with E-state index >= 15 is 0 Å². The molecule has 1 aliphatic heterocycles. The Kier molecular flexibility index (Phi) is 3.47. The van der Waals surface area contributed by atoms with E-state index in [4.69, 9.17) is 11.6 Å². The maximum Gasteiger partial charge on any atom is 0.324 e. The number of rotatable bonds is 2. The number of allylic oxidation sites excluding steroid dienone is 1. The highest BCUT2D eigenvalue weighted by Crippen LogP contribution is 2.31. The Morgan fingerprint density at radius 2 is 2.21 bits per heavy atom. The smallest absolute Gasteiger partial charge is 0.292 e. The van der Waals surface area contributed by atoms with Crippen LogP contribution in [0, 0.1) is 10.1 Å². The van der Waals surface area contributed by atoms with E-state index in [1.54, 1.807) is 28.1 Å². The summed E-state index contributed by atoms with van der Waals surface area (Å²) in [5.74, 6) is 0.601. The summed E-state index contributed by atoms with van der Waals surface area (Å²) < 4.78 is 1.64. The van der Waals surface area contributed by atoms with Gasteiger partial charge in [0, 0.05) is 23.0 Å². The SMILES string of the molecule is O=c1c2ccc(Cl)cc2nc2n1CC/C2=C/c1csc([N+](=O)[O-])c1. The minimum absolute atomic E-state index is 0.0913. The molecule has 2 aromatic heterocycles. The highest BCUT2D eigenvalue weighted by atomic mass is 35.5. The molecule has 8 heteroatoms. The fraction of sp³-hybridized carbons (Fsp3) is 0.125. The van der Waals surface area contributed by atoms with Crippen molar-refractivity contribution in [1.29, 1.82) is 0 Å². The van der Waals surface area contributed by atoms with Crippen molar-refractivity contribution >= 4 is 50.5 Å². The highest BCUT2D eigenvalue weighted by Gasteiger charge is 2.21. The maximum absolute atomic E-state index is 12.6. The number of benzene rings is 1. The van der Waals surface area contributed by atoms with Crippen molar-refractivity contribution < 1.29 is 4.92 Å². The predicted octanol–water partition coefficient (Wildman–Crippen LogP) is 3.96. The monoisotopic (exact) mass is 359 g/mol. The topological polar surface area (TPSA) is 78.0 Å². The number of hydrogen-bond acceptors (Lipinski definition) is 5. The molecule has 0 saturated carbocycles. The molecule has 0 unspecified atom stereocenters. The molecule has 3 aromatic rings. The zero-order valence-corrected chi connectivity index (χ0v) is 13.8. The number of hydrogen-bond donors (Lipinski definition) is 0. The summed E-state index contributed by atoms with van der Waals surface area (Å²) in [6, 6.07) is 6.56. The number of nitrogens with zero attached hydrogens (tertiary/aromatic N) is 3. The zero-order chi connectivity index (χ0) is 16.8. The summed E-state index contributed by atoms with van der Waals surface area (Å²) in [5, 5.41) is 13.7. The highest BCUT2D eigenvalue weighted by molar-refractivity contribution is 7.13. The quantitative estimate of drug-likeness (QED) is 0.512. The van der Waals surface area contributed by atoms with Crippen molar-refractivity contribution in [2.45, 2.75) is 13.0 Å². The van der Waals surface area contributed by atoms with Gasteiger partial charge in [0.2, 0.25) is 0 Å². The second-order valence-corrected chi connectivity index (χ2v) is 6.77. The third kappa shape index (κ3) is 2.42. The second-order valence-electron chi connectivity index (χ2n) is 5.45. The minimum atomic E-state index is -0.409. The van der Waals surface area contributed by atoms with Crippen LogP contribution in [0.25, 0.3) is 22.6 Å². The average Bonchev–Trinajstić information content (AvgIpc) is 3.16. The van der Waals surface area contributed by atoms with Crippen LogP contribution < -0.4 is 5.56 Å². The molecule has 120 valence electrons. The third-order valence-corrected chi connectivity index (χ3v) is 5.07. The lowest BCUT2D eigenvalue weighted by Crippen LogP contribution is -2.20. The van der Waals surface area contributed by atoms with Crippen molar-refractivity contribution in [3.05, 3.63) is 66.5 Å². The fourth-order valence-electron chi connectivity index (χ4n) is 2.84. The predicted molar refractivity (Wildman–Crippen MR) is 94.5 cm³/mol. The molecule has 0 radical (unpaired) electrons. The Bertz CT molecular complexity index is 1080. The molecule has 0 amide bonds. The summed E-state index contributed by atoms with van der Waals surface area (Å²) in [6.07, 6.45) is 2.51. The molecule has 0 atom stereocenters. The molecule has 6 nitrogen and oxygen atoms in total. The van der Waals surface area contributed by atoms with Gasteiger partial charge < -0.3 is 0 Å². The molecule has 0 N–H and O–H groups in total. The lowest BCUT2D eigenvalue weighted by Gasteiger charge is -2.05. The normalized spacial score (nSPS) is 15.1. The Labute approximate surface area is 144 Å². The van der Waals surface area contributed by atoms with Gasteiger partial charge in [0.25, 0.3) is 5.56 Å². The number of thiophene rings is 1. The fourth-order valence-corrected chi connectivity index (χ4v) is 3.69. The molecular weight excluding hydrogens is 350 g/mol. The van der Waals surface area contributed by atoms with Crippen molar-refractivity contribution in [3.8, 4) is 0 Å². The number of nitro groups is 1. The first-order chi connectivity index (χ1) is 11.5. The Balaban J connectivity index is 1.86. The van der Waals surface area contributed by atoms with Crippen molar-refractivity contribution in [2.24, 2.45) is 0 Å². The van der Waals surface area contributed by atoms with E-state index in [0.29, 0.717) is 34.7 Å². The largest absolute Gasteiger partial charge is 0.324 e. The summed E-state index contributed by atoms with van der Waals surface area (Å²) >= 11 is 7.07. The van der Waals surface area contributed by atoms with Crippen LogP contribution >= 0.6 is 22.9 Å². The molecule has 0 bridgehead atoms. The van der Waals surface area contributed by atoms with Gasteiger partial charge in [-0.25, -0.2) is 4.98 Å². The van der Waals surface area contributed by atoms with Crippen LogP contribution in [0.15, 0.2) is 34.4 Å². The van der Waals surface area contributed by atoms with Gasteiger partial charge in [0.05, 0.1) is 15.8 Å². The van der Waals surface area contributed by atoms with Crippen LogP contribution in [0.2, 0.25) is 5.02 Å². The summed E-state index contributed by atoms with van der Waals surface area (Å²) in [6.45, 7) is 0.553. The van der Waals surface area contributed by atoms with E-state index < -0.39 is 4.92 Å². The summed E-state index contributed by atoms with van der Waals surface area (Å²) in [7, 11) is 0. The van der Waals surface area contributed by atoms with Crippen LogP contribution in [0.1, 0.15) is 17.8 Å². The molecule has 0 saturated heterocycles. The summed E-state index contributed by atoms with van der Waals surface area (Å²) in [4.78, 5) is 27.6. The molecule has 0 fully saturated rings. The second kappa shape index (κ2) is 5.54. The standard InChI is InChI=1S/C16H10ClN3O3S/c17-11-1-2-12-13(7-11)18-15-10(3-4-19(15)16(12)21)5-9-6-14(20(22)23)24-8-9/h1-2,5-8H,3-4H2/b10-5-. The van der Waals surface area contributed by atoms with E-state index in [0.717, 1.165) is 22.5 Å². The first-order valence-corrected chi connectivity index (χ1v) is 8.42. The molecule has 1 aliphatic rings. The van der Waals surface area contributed by atoms with Crippen LogP contribution in [-0.4, -0.2) is 14.5 Å². The van der Waals surface area contributed by atoms with Crippen molar-refractivity contribution in [1.82, 2.24) is 9.55 Å². The number of aromatic nitrogens is 2. The van der Waals surface area contributed by atoms with Gasteiger partial charge >= 0.3 is 5.00 Å². The van der Waals surface area contributed by atoms with Gasteiger partial charge in [-0.15, -0.1) is 0 Å². The lowest BCUT2D eigenvalue weighted by atomic mass is 10.1. The van der Waals surface area contributed by atoms with Crippen LogP contribution in [-0.2, 0) is 6.54 Å². The van der Waals surface area contributed by atoms with Crippen molar-refractivity contribution in [2.75, 3.05) is 0 Å². The first kappa shape index (κ1) is 15.0. The molecule has 24 heavy (non-hydrogen) atoms. The first-order valence-electron chi connectivity index (χ1n) is 7.17. The van der Waals surface area contributed by atoms with Crippen LogP contribution in [0.4, 0.5) is 5.00 Å². The molecule has 0 aliphatic carbocycles. The lowest BCUT2D eigenvalue weighted by molar-refractivity contribution is -0.380. The summed E-state index contributed by atoms with van der Waals surface area (Å²) in [5.41, 5.74) is 2.10. The Morgan fingerprint density at radius 1 is 1.38 bits per heavy atom. The average molecular weight is 360 g/mol. The maximum atomic E-state index is 12.6. The molecule has 4 rings (SSSR count). The number of fused-ring (bicyclic) bond motifs is 2. The van der Waals surface area contributed by atoms with E-state index in [1.807, 2.05) is 6.08 Å². The molecular formula is C16H10ClN3O3S.